The van der Waals surface area contributed by atoms with E-state index in [1.807, 2.05) is 6.07 Å². The zero-order chi connectivity index (χ0) is 16.7. The predicted octanol–water partition coefficient (Wildman–Crippen LogP) is 3.36. The molecule has 0 fully saturated rings. The summed E-state index contributed by atoms with van der Waals surface area (Å²) in [6, 6.07) is 13.0. The highest BCUT2D eigenvalue weighted by atomic mass is 79.9. The number of carbonyl (C=O) groups is 2. The molecule has 0 radical (unpaired) electrons. The van der Waals surface area contributed by atoms with Gasteiger partial charge in [0, 0.05) is 10.5 Å². The highest BCUT2D eigenvalue weighted by Gasteiger charge is 2.06. The number of amides is 2. The van der Waals surface area contributed by atoms with Gasteiger partial charge in [0.1, 0.15) is 5.82 Å². The van der Waals surface area contributed by atoms with Crippen LogP contribution in [-0.4, -0.2) is 18.4 Å². The van der Waals surface area contributed by atoms with Crippen LogP contribution in [0.4, 0.5) is 10.1 Å². The van der Waals surface area contributed by atoms with Crippen LogP contribution >= 0.6 is 15.9 Å². The molecule has 0 unspecified atom stereocenters. The van der Waals surface area contributed by atoms with E-state index in [-0.39, 0.29) is 18.3 Å². The number of rotatable bonds is 5. The van der Waals surface area contributed by atoms with Crippen LogP contribution in [0.1, 0.15) is 5.56 Å². The number of hydrogen-bond acceptors (Lipinski definition) is 2. The predicted molar refractivity (Wildman–Crippen MR) is 91.2 cm³/mol. The van der Waals surface area contributed by atoms with Gasteiger partial charge in [0.05, 0.1) is 12.2 Å². The van der Waals surface area contributed by atoms with Crippen LogP contribution in [-0.2, 0) is 9.59 Å². The normalized spacial score (nSPS) is 10.5. The second-order valence-corrected chi connectivity index (χ2v) is 5.49. The van der Waals surface area contributed by atoms with Crippen molar-refractivity contribution >= 4 is 39.5 Å². The molecule has 0 saturated heterocycles. The lowest BCUT2D eigenvalue weighted by Crippen LogP contribution is -2.31. The average molecular weight is 377 g/mol. The van der Waals surface area contributed by atoms with E-state index < -0.39 is 5.91 Å². The van der Waals surface area contributed by atoms with Gasteiger partial charge in [-0.2, -0.15) is 0 Å². The zero-order valence-corrected chi connectivity index (χ0v) is 13.6. The SMILES string of the molecule is O=C(/C=C/c1cccc(F)c1)NCC(=O)Nc1ccccc1Br. The van der Waals surface area contributed by atoms with E-state index in [9.17, 15) is 14.0 Å². The first-order chi connectivity index (χ1) is 11.0. The van der Waals surface area contributed by atoms with Crippen LogP contribution in [0.25, 0.3) is 6.08 Å². The molecule has 2 rings (SSSR count). The molecule has 0 heterocycles. The summed E-state index contributed by atoms with van der Waals surface area (Å²) >= 11 is 3.32. The molecule has 118 valence electrons. The van der Waals surface area contributed by atoms with E-state index in [4.69, 9.17) is 0 Å². The van der Waals surface area contributed by atoms with Crippen molar-refractivity contribution in [3.05, 3.63) is 70.5 Å². The summed E-state index contributed by atoms with van der Waals surface area (Å²) in [6.45, 7) is -0.159. The van der Waals surface area contributed by atoms with Crippen molar-refractivity contribution in [3.8, 4) is 0 Å². The van der Waals surface area contributed by atoms with Crippen molar-refractivity contribution in [1.29, 1.82) is 0 Å². The number of nitrogens with one attached hydrogen (secondary N) is 2. The first-order valence-electron chi connectivity index (χ1n) is 6.80. The topological polar surface area (TPSA) is 58.2 Å². The van der Waals surface area contributed by atoms with Gasteiger partial charge in [0.25, 0.3) is 0 Å². The average Bonchev–Trinajstić information content (AvgIpc) is 2.53. The van der Waals surface area contributed by atoms with Gasteiger partial charge in [0.2, 0.25) is 11.8 Å². The molecule has 0 aromatic heterocycles. The minimum atomic E-state index is -0.434. The van der Waals surface area contributed by atoms with Crippen LogP contribution in [0.2, 0.25) is 0 Å². The number of anilines is 1. The Morgan fingerprint density at radius 1 is 1.13 bits per heavy atom. The van der Waals surface area contributed by atoms with Crippen LogP contribution in [0.5, 0.6) is 0 Å². The molecule has 2 amide bonds. The van der Waals surface area contributed by atoms with Gasteiger partial charge in [-0.1, -0.05) is 24.3 Å². The summed E-state index contributed by atoms with van der Waals surface area (Å²) < 4.78 is 13.7. The summed E-state index contributed by atoms with van der Waals surface area (Å²) in [5, 5.41) is 5.13. The molecule has 23 heavy (non-hydrogen) atoms. The third kappa shape index (κ3) is 5.67. The van der Waals surface area contributed by atoms with E-state index in [1.54, 1.807) is 30.3 Å². The van der Waals surface area contributed by atoms with Crippen molar-refractivity contribution in [2.45, 2.75) is 0 Å². The fourth-order valence-corrected chi connectivity index (χ4v) is 2.15. The number of halogens is 2. The Kier molecular flexibility index (Phi) is 6.05. The number of hydrogen-bond donors (Lipinski definition) is 2. The van der Waals surface area contributed by atoms with Gasteiger partial charge in [-0.05, 0) is 51.8 Å². The number of benzene rings is 2. The first-order valence-corrected chi connectivity index (χ1v) is 7.60. The van der Waals surface area contributed by atoms with E-state index in [2.05, 4.69) is 26.6 Å². The summed E-state index contributed by atoms with van der Waals surface area (Å²) in [4.78, 5) is 23.4. The second kappa shape index (κ2) is 8.24. The lowest BCUT2D eigenvalue weighted by atomic mass is 10.2. The molecule has 0 atom stereocenters. The molecule has 0 aliphatic rings. The third-order valence-electron chi connectivity index (χ3n) is 2.85. The molecule has 0 aliphatic carbocycles. The lowest BCUT2D eigenvalue weighted by Gasteiger charge is -2.07. The van der Waals surface area contributed by atoms with Crippen LogP contribution in [0.15, 0.2) is 59.1 Å². The van der Waals surface area contributed by atoms with Gasteiger partial charge in [-0.3, -0.25) is 9.59 Å². The van der Waals surface area contributed by atoms with Crippen LogP contribution in [0, 0.1) is 5.82 Å². The Hall–Kier alpha value is -2.47. The Bertz CT molecular complexity index is 747. The molecular formula is C17H14BrFN2O2. The summed E-state index contributed by atoms with van der Waals surface area (Å²) in [6.07, 6.45) is 2.73. The summed E-state index contributed by atoms with van der Waals surface area (Å²) in [5.41, 5.74) is 1.19. The van der Waals surface area contributed by atoms with Gasteiger partial charge >= 0.3 is 0 Å². The van der Waals surface area contributed by atoms with Crippen molar-refractivity contribution in [1.82, 2.24) is 5.32 Å². The van der Waals surface area contributed by atoms with Crippen molar-refractivity contribution in [2.24, 2.45) is 0 Å². The van der Waals surface area contributed by atoms with E-state index in [0.29, 0.717) is 11.3 Å². The van der Waals surface area contributed by atoms with Crippen LogP contribution < -0.4 is 10.6 Å². The molecule has 0 spiro atoms. The Morgan fingerprint density at radius 3 is 2.65 bits per heavy atom. The molecular weight excluding hydrogens is 363 g/mol. The fourth-order valence-electron chi connectivity index (χ4n) is 1.77. The quantitative estimate of drug-likeness (QED) is 0.786. The first kappa shape index (κ1) is 16.9. The molecule has 0 bridgehead atoms. The Balaban J connectivity index is 1.82. The second-order valence-electron chi connectivity index (χ2n) is 4.63. The van der Waals surface area contributed by atoms with Crippen LogP contribution in [0.3, 0.4) is 0 Å². The molecule has 2 aromatic carbocycles. The molecule has 4 nitrogen and oxygen atoms in total. The van der Waals surface area contributed by atoms with Gasteiger partial charge < -0.3 is 10.6 Å². The lowest BCUT2D eigenvalue weighted by molar-refractivity contribution is -0.121. The van der Waals surface area contributed by atoms with Gasteiger partial charge in [0.15, 0.2) is 0 Å². The maximum absolute atomic E-state index is 13.0. The molecule has 0 aliphatic heterocycles. The largest absolute Gasteiger partial charge is 0.343 e. The highest BCUT2D eigenvalue weighted by Crippen LogP contribution is 2.20. The van der Waals surface area contributed by atoms with E-state index >= 15 is 0 Å². The van der Waals surface area contributed by atoms with Gasteiger partial charge in [-0.15, -0.1) is 0 Å². The van der Waals surface area contributed by atoms with E-state index in [1.165, 1.54) is 24.3 Å². The summed E-state index contributed by atoms with van der Waals surface area (Å²) in [5.74, 6) is -1.15. The molecule has 2 aromatic rings. The minimum absolute atomic E-state index is 0.159. The van der Waals surface area contributed by atoms with Crippen molar-refractivity contribution < 1.29 is 14.0 Å². The maximum Gasteiger partial charge on any atom is 0.244 e. The molecule has 2 N–H and O–H groups in total. The van der Waals surface area contributed by atoms with Crippen molar-refractivity contribution in [3.63, 3.8) is 0 Å². The Labute approximate surface area is 141 Å². The third-order valence-corrected chi connectivity index (χ3v) is 3.54. The number of carbonyl (C=O) groups excluding carboxylic acids is 2. The summed E-state index contributed by atoms with van der Waals surface area (Å²) in [7, 11) is 0. The number of para-hydroxylation sites is 1. The molecule has 0 saturated carbocycles. The fraction of sp³-hybridized carbons (Fsp3) is 0.0588. The Morgan fingerprint density at radius 2 is 1.91 bits per heavy atom. The molecule has 6 heteroatoms. The standard InChI is InChI=1S/C17H14BrFN2O2/c18-14-6-1-2-7-15(14)21-17(23)11-20-16(22)9-8-12-4-3-5-13(19)10-12/h1-10H,11H2,(H,20,22)(H,21,23)/b9-8+. The minimum Gasteiger partial charge on any atom is -0.343 e. The smallest absolute Gasteiger partial charge is 0.244 e. The van der Waals surface area contributed by atoms with E-state index in [0.717, 1.165) is 4.47 Å². The van der Waals surface area contributed by atoms with Crippen molar-refractivity contribution in [2.75, 3.05) is 11.9 Å². The maximum atomic E-state index is 13.0. The monoisotopic (exact) mass is 376 g/mol. The van der Waals surface area contributed by atoms with Gasteiger partial charge in [-0.25, -0.2) is 4.39 Å². The zero-order valence-electron chi connectivity index (χ0n) is 12.1. The highest BCUT2D eigenvalue weighted by molar-refractivity contribution is 9.10.